The SMILES string of the molecule is Cc1ccc(S(=O)(=O)n2cc(-c3ncc(F)c(N[C@H]4CCC[C@@](O)(CC#N)C4)n3)c3cc(F)cnc32)cc1. The van der Waals surface area contributed by atoms with E-state index < -0.39 is 27.3 Å². The molecule has 4 aromatic rings. The first-order valence-electron chi connectivity index (χ1n) is 12.0. The van der Waals surface area contributed by atoms with Crippen molar-refractivity contribution in [1.29, 1.82) is 5.26 Å². The molecule has 0 bridgehead atoms. The van der Waals surface area contributed by atoms with E-state index in [0.29, 0.717) is 19.3 Å². The monoisotopic (exact) mass is 538 g/mol. The summed E-state index contributed by atoms with van der Waals surface area (Å²) in [6.07, 6.45) is 5.06. The Balaban J connectivity index is 1.56. The number of hydrogen-bond donors (Lipinski definition) is 2. The van der Waals surface area contributed by atoms with Crippen molar-refractivity contribution < 1.29 is 22.3 Å². The number of aliphatic hydroxyl groups is 1. The van der Waals surface area contributed by atoms with Crippen LogP contribution in [-0.4, -0.2) is 44.1 Å². The fourth-order valence-electron chi connectivity index (χ4n) is 4.80. The third-order valence-corrected chi connectivity index (χ3v) is 8.38. The van der Waals surface area contributed by atoms with E-state index in [-0.39, 0.29) is 52.0 Å². The van der Waals surface area contributed by atoms with Crippen molar-refractivity contribution in [2.45, 2.75) is 55.6 Å². The minimum atomic E-state index is -4.11. The summed E-state index contributed by atoms with van der Waals surface area (Å²) in [4.78, 5) is 12.4. The Hall–Kier alpha value is -3.95. The van der Waals surface area contributed by atoms with Gasteiger partial charge in [0, 0.05) is 23.2 Å². The highest BCUT2D eigenvalue weighted by Gasteiger charge is 2.35. The third-order valence-electron chi connectivity index (χ3n) is 6.71. The lowest BCUT2D eigenvalue weighted by Gasteiger charge is -2.35. The lowest BCUT2D eigenvalue weighted by Crippen LogP contribution is -2.40. The fraction of sp³-hybridized carbons (Fsp3) is 0.308. The van der Waals surface area contributed by atoms with Gasteiger partial charge >= 0.3 is 0 Å². The number of hydrogen-bond acceptors (Lipinski definition) is 8. The highest BCUT2D eigenvalue weighted by atomic mass is 32.2. The summed E-state index contributed by atoms with van der Waals surface area (Å²) >= 11 is 0. The van der Waals surface area contributed by atoms with Crippen molar-refractivity contribution >= 4 is 26.9 Å². The van der Waals surface area contributed by atoms with Gasteiger partial charge in [-0.05, 0) is 50.8 Å². The zero-order valence-corrected chi connectivity index (χ0v) is 21.2. The number of aromatic nitrogens is 4. The largest absolute Gasteiger partial charge is 0.389 e. The number of fused-ring (bicyclic) bond motifs is 1. The van der Waals surface area contributed by atoms with Gasteiger partial charge in [-0.25, -0.2) is 36.1 Å². The molecule has 0 aliphatic heterocycles. The molecule has 1 saturated carbocycles. The first-order chi connectivity index (χ1) is 18.1. The Labute approximate surface area is 217 Å². The topological polar surface area (TPSA) is 134 Å². The minimum Gasteiger partial charge on any atom is -0.389 e. The third kappa shape index (κ3) is 4.82. The number of nitrogens with one attached hydrogen (secondary N) is 1. The van der Waals surface area contributed by atoms with Crippen LogP contribution in [-0.2, 0) is 10.0 Å². The van der Waals surface area contributed by atoms with Crippen LogP contribution < -0.4 is 5.32 Å². The molecule has 38 heavy (non-hydrogen) atoms. The van der Waals surface area contributed by atoms with E-state index in [1.165, 1.54) is 18.3 Å². The molecule has 196 valence electrons. The molecule has 0 radical (unpaired) electrons. The van der Waals surface area contributed by atoms with Gasteiger partial charge in [0.1, 0.15) is 5.82 Å². The Morgan fingerprint density at radius 3 is 2.74 bits per heavy atom. The number of rotatable bonds is 6. The summed E-state index contributed by atoms with van der Waals surface area (Å²) < 4.78 is 56.8. The van der Waals surface area contributed by atoms with Crippen LogP contribution in [0.25, 0.3) is 22.4 Å². The number of benzene rings is 1. The second-order valence-corrected chi connectivity index (χ2v) is 11.4. The lowest BCUT2D eigenvalue weighted by atomic mass is 9.80. The van der Waals surface area contributed by atoms with Crippen LogP contribution in [0.4, 0.5) is 14.6 Å². The van der Waals surface area contributed by atoms with Crippen LogP contribution in [0.15, 0.2) is 53.8 Å². The maximum atomic E-state index is 14.7. The average molecular weight is 539 g/mol. The van der Waals surface area contributed by atoms with E-state index in [9.17, 15) is 22.3 Å². The van der Waals surface area contributed by atoms with Crippen molar-refractivity contribution in [3.05, 3.63) is 66.1 Å². The van der Waals surface area contributed by atoms with Crippen molar-refractivity contribution in [3.63, 3.8) is 0 Å². The molecular formula is C26H24F2N6O3S. The maximum absolute atomic E-state index is 14.7. The molecule has 2 N–H and O–H groups in total. The first kappa shape index (κ1) is 25.7. The van der Waals surface area contributed by atoms with Gasteiger partial charge in [-0.1, -0.05) is 17.7 Å². The van der Waals surface area contributed by atoms with Crippen LogP contribution in [0.1, 0.15) is 37.7 Å². The molecule has 12 heteroatoms. The van der Waals surface area contributed by atoms with Gasteiger partial charge in [0.05, 0.1) is 35.4 Å². The molecule has 1 aliphatic carbocycles. The van der Waals surface area contributed by atoms with Gasteiger partial charge in [-0.3, -0.25) is 0 Å². The molecule has 1 aliphatic rings. The summed E-state index contributed by atoms with van der Waals surface area (Å²) in [7, 11) is -4.11. The van der Waals surface area contributed by atoms with Crippen molar-refractivity contribution in [2.24, 2.45) is 0 Å². The van der Waals surface area contributed by atoms with Gasteiger partial charge in [0.2, 0.25) is 0 Å². The smallest absolute Gasteiger partial charge is 0.269 e. The standard InChI is InChI=1S/C26H24F2N6O3S/c1-16-4-6-19(7-5-16)38(36,37)34-15-21(20-11-17(27)13-31-25(20)34)23-30-14-22(28)24(33-23)32-18-3-2-8-26(35,12-18)9-10-29/h4-7,11,13-15,18,35H,2-3,8-9,12H2,1H3,(H,30,32,33)/t18-,26+/m0/s1. The maximum Gasteiger partial charge on any atom is 0.269 e. The average Bonchev–Trinajstić information content (AvgIpc) is 3.25. The van der Waals surface area contributed by atoms with Crippen molar-refractivity contribution in [2.75, 3.05) is 5.32 Å². The van der Waals surface area contributed by atoms with Gasteiger partial charge in [0.25, 0.3) is 10.0 Å². The van der Waals surface area contributed by atoms with Crippen LogP contribution in [0.2, 0.25) is 0 Å². The Bertz CT molecular complexity index is 1670. The Kier molecular flexibility index (Phi) is 6.58. The number of nitrogens with zero attached hydrogens (tertiary/aromatic N) is 5. The molecule has 3 heterocycles. The predicted molar refractivity (Wildman–Crippen MR) is 135 cm³/mol. The van der Waals surface area contributed by atoms with E-state index >= 15 is 0 Å². The van der Waals surface area contributed by atoms with Gasteiger partial charge in [-0.2, -0.15) is 5.26 Å². The lowest BCUT2D eigenvalue weighted by molar-refractivity contribution is 0.00444. The van der Waals surface area contributed by atoms with E-state index in [2.05, 4.69) is 20.3 Å². The van der Waals surface area contributed by atoms with Crippen molar-refractivity contribution in [3.8, 4) is 17.5 Å². The molecule has 9 nitrogen and oxygen atoms in total. The van der Waals surface area contributed by atoms with Gasteiger partial charge in [0.15, 0.2) is 23.1 Å². The van der Waals surface area contributed by atoms with E-state index in [1.807, 2.05) is 13.0 Å². The predicted octanol–water partition coefficient (Wildman–Crippen LogP) is 4.32. The summed E-state index contributed by atoms with van der Waals surface area (Å²) in [6, 6.07) is 9.03. The summed E-state index contributed by atoms with van der Waals surface area (Å²) in [6.45, 7) is 1.83. The van der Waals surface area contributed by atoms with E-state index in [0.717, 1.165) is 28.0 Å². The Morgan fingerprint density at radius 1 is 1.24 bits per heavy atom. The van der Waals surface area contributed by atoms with Crippen LogP contribution >= 0.6 is 0 Å². The zero-order valence-electron chi connectivity index (χ0n) is 20.4. The summed E-state index contributed by atoms with van der Waals surface area (Å²) in [5.41, 5.74) is -0.169. The molecule has 5 rings (SSSR count). The molecule has 0 spiro atoms. The number of anilines is 1. The van der Waals surface area contributed by atoms with E-state index in [4.69, 9.17) is 5.26 Å². The van der Waals surface area contributed by atoms with Crippen molar-refractivity contribution in [1.82, 2.24) is 18.9 Å². The molecule has 0 saturated heterocycles. The molecule has 0 unspecified atom stereocenters. The first-order valence-corrected chi connectivity index (χ1v) is 13.4. The quantitative estimate of drug-likeness (QED) is 0.371. The summed E-state index contributed by atoms with van der Waals surface area (Å²) in [5.74, 6) is -1.62. The highest BCUT2D eigenvalue weighted by molar-refractivity contribution is 7.90. The molecule has 1 aromatic carbocycles. The number of pyridine rings is 1. The highest BCUT2D eigenvalue weighted by Crippen LogP contribution is 2.34. The van der Waals surface area contributed by atoms with Crippen LogP contribution in [0.5, 0.6) is 0 Å². The number of nitriles is 1. The minimum absolute atomic E-state index is 0.0159. The van der Waals surface area contributed by atoms with E-state index in [1.54, 1.807) is 12.1 Å². The number of aryl methyl sites for hydroxylation is 1. The second-order valence-electron chi connectivity index (χ2n) is 9.57. The summed E-state index contributed by atoms with van der Waals surface area (Å²) in [5, 5.41) is 22.8. The van der Waals surface area contributed by atoms with Gasteiger partial charge in [-0.15, -0.1) is 0 Å². The normalized spacial score (nSPS) is 19.8. The number of halogens is 2. The fourth-order valence-corrected chi connectivity index (χ4v) is 6.13. The molecule has 1 fully saturated rings. The van der Waals surface area contributed by atoms with Crippen LogP contribution in [0.3, 0.4) is 0 Å². The van der Waals surface area contributed by atoms with Gasteiger partial charge < -0.3 is 10.4 Å². The molecule has 2 atom stereocenters. The molecule has 0 amide bonds. The Morgan fingerprint density at radius 2 is 2.00 bits per heavy atom. The second kappa shape index (κ2) is 9.74. The zero-order chi connectivity index (χ0) is 27.1. The molecule has 3 aromatic heterocycles. The molecular weight excluding hydrogens is 514 g/mol. The van der Waals surface area contributed by atoms with Crippen LogP contribution in [0, 0.1) is 29.9 Å².